The smallest absolute Gasteiger partial charge is 0.191 e. The Balaban J connectivity index is 0.00000261. The summed E-state index contributed by atoms with van der Waals surface area (Å²) in [5.74, 6) is 0.882. The van der Waals surface area contributed by atoms with Crippen molar-refractivity contribution in [3.8, 4) is 0 Å². The minimum Gasteiger partial charge on any atom is -0.357 e. The van der Waals surface area contributed by atoms with E-state index in [4.69, 9.17) is 4.99 Å². The first kappa shape index (κ1) is 21.7. The van der Waals surface area contributed by atoms with Gasteiger partial charge in [0.1, 0.15) is 0 Å². The highest BCUT2D eigenvalue weighted by Crippen LogP contribution is 2.40. The molecule has 0 saturated heterocycles. The summed E-state index contributed by atoms with van der Waals surface area (Å²) in [6, 6.07) is 11.0. The molecule has 148 valence electrons. The zero-order valence-electron chi connectivity index (χ0n) is 16.7. The summed E-state index contributed by atoms with van der Waals surface area (Å²) < 4.78 is 1.87. The Hall–Kier alpha value is -1.57. The molecule has 1 aromatic carbocycles. The van der Waals surface area contributed by atoms with E-state index in [1.807, 2.05) is 24.0 Å². The molecule has 6 heteroatoms. The van der Waals surface area contributed by atoms with Gasteiger partial charge in [-0.15, -0.1) is 24.0 Å². The van der Waals surface area contributed by atoms with Gasteiger partial charge >= 0.3 is 0 Å². The SMILES string of the molecule is CCNC(=NCc1ccnn1C)NCC1(c2cccc(C)c2)CCCC1.I. The maximum absolute atomic E-state index is 4.75. The van der Waals surface area contributed by atoms with Crippen molar-refractivity contribution in [2.24, 2.45) is 12.0 Å². The Kier molecular flexibility index (Phi) is 8.13. The van der Waals surface area contributed by atoms with Crippen molar-refractivity contribution in [3.63, 3.8) is 0 Å². The average Bonchev–Trinajstić information content (AvgIpc) is 3.27. The molecule has 1 heterocycles. The molecule has 0 atom stereocenters. The highest BCUT2D eigenvalue weighted by molar-refractivity contribution is 14.0. The van der Waals surface area contributed by atoms with Gasteiger partial charge in [-0.05, 0) is 38.3 Å². The number of hydrogen-bond acceptors (Lipinski definition) is 2. The minimum absolute atomic E-state index is 0. The molecule has 0 radical (unpaired) electrons. The molecule has 0 unspecified atom stereocenters. The molecule has 5 nitrogen and oxygen atoms in total. The van der Waals surface area contributed by atoms with E-state index in [-0.39, 0.29) is 29.4 Å². The molecule has 0 spiro atoms. The number of nitrogens with one attached hydrogen (secondary N) is 2. The van der Waals surface area contributed by atoms with E-state index in [0.717, 1.165) is 24.7 Å². The zero-order chi connectivity index (χ0) is 18.4. The second-order valence-electron chi connectivity index (χ2n) is 7.35. The van der Waals surface area contributed by atoms with E-state index in [1.165, 1.54) is 36.8 Å². The van der Waals surface area contributed by atoms with Crippen LogP contribution in [0.25, 0.3) is 0 Å². The van der Waals surface area contributed by atoms with E-state index >= 15 is 0 Å². The number of guanidine groups is 1. The van der Waals surface area contributed by atoms with E-state index in [0.29, 0.717) is 6.54 Å². The summed E-state index contributed by atoms with van der Waals surface area (Å²) in [6.07, 6.45) is 6.91. The first-order chi connectivity index (χ1) is 12.6. The van der Waals surface area contributed by atoms with Crippen molar-refractivity contribution in [1.29, 1.82) is 0 Å². The zero-order valence-corrected chi connectivity index (χ0v) is 19.0. The molecule has 0 aliphatic heterocycles. The monoisotopic (exact) mass is 481 g/mol. The van der Waals surface area contributed by atoms with Crippen LogP contribution in [0.1, 0.15) is 49.4 Å². The van der Waals surface area contributed by atoms with Crippen LogP contribution in [-0.2, 0) is 19.0 Å². The second kappa shape index (κ2) is 10.1. The van der Waals surface area contributed by atoms with Gasteiger partial charge in [0.25, 0.3) is 0 Å². The van der Waals surface area contributed by atoms with Crippen molar-refractivity contribution in [2.45, 2.75) is 51.5 Å². The summed E-state index contributed by atoms with van der Waals surface area (Å²) >= 11 is 0. The Labute approximate surface area is 180 Å². The molecule has 3 rings (SSSR count). The van der Waals surface area contributed by atoms with E-state index in [1.54, 1.807) is 0 Å². The van der Waals surface area contributed by atoms with E-state index in [9.17, 15) is 0 Å². The molecule has 0 bridgehead atoms. The fourth-order valence-corrected chi connectivity index (χ4v) is 3.91. The van der Waals surface area contributed by atoms with Gasteiger partial charge in [0, 0.05) is 31.7 Å². The lowest BCUT2D eigenvalue weighted by atomic mass is 9.78. The summed E-state index contributed by atoms with van der Waals surface area (Å²) in [5, 5.41) is 11.2. The first-order valence-corrected chi connectivity index (χ1v) is 9.69. The highest BCUT2D eigenvalue weighted by atomic mass is 127. The molecule has 1 fully saturated rings. The van der Waals surface area contributed by atoms with Gasteiger partial charge < -0.3 is 10.6 Å². The van der Waals surface area contributed by atoms with Crippen molar-refractivity contribution >= 4 is 29.9 Å². The van der Waals surface area contributed by atoms with Gasteiger partial charge in [0.2, 0.25) is 0 Å². The van der Waals surface area contributed by atoms with Crippen molar-refractivity contribution in [2.75, 3.05) is 13.1 Å². The third kappa shape index (κ3) is 5.46. The summed E-state index contributed by atoms with van der Waals surface area (Å²) in [6.45, 7) is 6.69. The standard InChI is InChI=1S/C21H31N5.HI/c1-4-22-20(23-15-19-10-13-25-26(19)3)24-16-21(11-5-6-12-21)18-9-7-8-17(2)14-18;/h7-10,13-14H,4-6,11-12,15-16H2,1-3H3,(H2,22,23,24);1H. The van der Waals surface area contributed by atoms with Gasteiger partial charge in [0.05, 0.1) is 12.2 Å². The van der Waals surface area contributed by atoms with E-state index in [2.05, 4.69) is 53.8 Å². The molecule has 27 heavy (non-hydrogen) atoms. The Morgan fingerprint density at radius 2 is 2.00 bits per heavy atom. The van der Waals surface area contributed by atoms with Crippen LogP contribution in [0, 0.1) is 6.92 Å². The summed E-state index contributed by atoms with van der Waals surface area (Å²) in [4.78, 5) is 4.75. The maximum atomic E-state index is 4.75. The molecule has 1 saturated carbocycles. The van der Waals surface area contributed by atoms with Crippen LogP contribution in [0.4, 0.5) is 0 Å². The van der Waals surface area contributed by atoms with Crippen molar-refractivity contribution in [3.05, 3.63) is 53.3 Å². The van der Waals surface area contributed by atoms with Gasteiger partial charge in [0.15, 0.2) is 5.96 Å². The first-order valence-electron chi connectivity index (χ1n) is 9.69. The van der Waals surface area contributed by atoms with Gasteiger partial charge in [-0.1, -0.05) is 42.7 Å². The molecule has 1 aliphatic carbocycles. The van der Waals surface area contributed by atoms with Gasteiger partial charge in [-0.3, -0.25) is 4.68 Å². The highest BCUT2D eigenvalue weighted by Gasteiger charge is 2.35. The predicted octanol–water partition coefficient (Wildman–Crippen LogP) is 3.91. The van der Waals surface area contributed by atoms with Crippen LogP contribution in [-0.4, -0.2) is 28.8 Å². The number of aryl methyl sites for hydroxylation is 2. The number of halogens is 1. The summed E-state index contributed by atoms with van der Waals surface area (Å²) in [5.41, 5.74) is 4.13. The number of hydrogen-bond donors (Lipinski definition) is 2. The third-order valence-corrected chi connectivity index (χ3v) is 5.45. The number of rotatable bonds is 6. The fourth-order valence-electron chi connectivity index (χ4n) is 3.91. The van der Waals surface area contributed by atoms with Crippen LogP contribution in [0.2, 0.25) is 0 Å². The summed E-state index contributed by atoms with van der Waals surface area (Å²) in [7, 11) is 1.95. The lowest BCUT2D eigenvalue weighted by Crippen LogP contribution is -2.44. The molecular formula is C21H32IN5. The second-order valence-corrected chi connectivity index (χ2v) is 7.35. The lowest BCUT2D eigenvalue weighted by Gasteiger charge is -2.31. The lowest BCUT2D eigenvalue weighted by molar-refractivity contribution is 0.431. The molecule has 2 aromatic rings. The normalized spacial score (nSPS) is 16.0. The van der Waals surface area contributed by atoms with Crippen LogP contribution >= 0.6 is 24.0 Å². The quantitative estimate of drug-likeness (QED) is 0.374. The van der Waals surface area contributed by atoms with Crippen LogP contribution < -0.4 is 10.6 Å². The average molecular weight is 481 g/mol. The molecule has 1 aliphatic rings. The van der Waals surface area contributed by atoms with Crippen LogP contribution in [0.3, 0.4) is 0 Å². The van der Waals surface area contributed by atoms with Crippen molar-refractivity contribution in [1.82, 2.24) is 20.4 Å². The Morgan fingerprint density at radius 1 is 1.22 bits per heavy atom. The van der Waals surface area contributed by atoms with Crippen LogP contribution in [0.15, 0.2) is 41.5 Å². The Bertz CT molecular complexity index is 747. The van der Waals surface area contributed by atoms with E-state index < -0.39 is 0 Å². The molecule has 1 aromatic heterocycles. The number of nitrogens with zero attached hydrogens (tertiary/aromatic N) is 3. The largest absolute Gasteiger partial charge is 0.357 e. The van der Waals surface area contributed by atoms with Gasteiger partial charge in [-0.2, -0.15) is 5.10 Å². The maximum Gasteiger partial charge on any atom is 0.191 e. The van der Waals surface area contributed by atoms with Crippen molar-refractivity contribution < 1.29 is 0 Å². The molecule has 2 N–H and O–H groups in total. The molecular weight excluding hydrogens is 449 g/mol. The fraction of sp³-hybridized carbons (Fsp3) is 0.524. The minimum atomic E-state index is 0. The number of aliphatic imine (C=N–C) groups is 1. The van der Waals surface area contributed by atoms with Crippen LogP contribution in [0.5, 0.6) is 0 Å². The molecule has 0 amide bonds. The van der Waals surface area contributed by atoms with Gasteiger partial charge in [-0.25, -0.2) is 4.99 Å². The topological polar surface area (TPSA) is 54.2 Å². The number of benzene rings is 1. The Morgan fingerprint density at radius 3 is 2.63 bits per heavy atom. The predicted molar refractivity (Wildman–Crippen MR) is 123 cm³/mol. The number of aromatic nitrogens is 2. The third-order valence-electron chi connectivity index (χ3n) is 5.45.